The van der Waals surface area contributed by atoms with Gasteiger partial charge in [-0.1, -0.05) is 54.8 Å². The second-order valence-corrected chi connectivity index (χ2v) is 6.93. The van der Waals surface area contributed by atoms with E-state index in [4.69, 9.17) is 0 Å². The van der Waals surface area contributed by atoms with Gasteiger partial charge in [-0.3, -0.25) is 0 Å². The van der Waals surface area contributed by atoms with Gasteiger partial charge in [-0.05, 0) is 36.0 Å². The van der Waals surface area contributed by atoms with Crippen LogP contribution in [-0.4, -0.2) is 18.0 Å². The smallest absolute Gasteiger partial charge is 0.321 e. The van der Waals surface area contributed by atoms with E-state index < -0.39 is 0 Å². The molecule has 0 aromatic heterocycles. The van der Waals surface area contributed by atoms with Gasteiger partial charge in [-0.25, -0.2) is 4.79 Å². The Bertz CT molecular complexity index is 498. The number of carbonyl (C=O) groups excluding carboxylic acids is 1. The van der Waals surface area contributed by atoms with E-state index in [1.54, 1.807) is 4.90 Å². The van der Waals surface area contributed by atoms with Crippen molar-refractivity contribution in [2.45, 2.75) is 50.9 Å². The number of halogens is 1. The highest BCUT2D eigenvalue weighted by molar-refractivity contribution is 9.09. The molecule has 1 aliphatic heterocycles. The lowest BCUT2D eigenvalue weighted by molar-refractivity contribution is 0.218. The summed E-state index contributed by atoms with van der Waals surface area (Å²) in [5.74, 6) is 0.675. The summed E-state index contributed by atoms with van der Waals surface area (Å²) in [6, 6.07) is 6.39. The first kappa shape index (κ1) is 16.3. The number of carbonyl (C=O) groups is 1. The summed E-state index contributed by atoms with van der Waals surface area (Å²) in [6.07, 6.45) is 4.93. The van der Waals surface area contributed by atoms with Crippen molar-refractivity contribution in [3.63, 3.8) is 0 Å². The number of fused-ring (bicyclic) bond motifs is 1. The van der Waals surface area contributed by atoms with Gasteiger partial charge in [0.1, 0.15) is 0 Å². The van der Waals surface area contributed by atoms with Crippen molar-refractivity contribution in [3.05, 3.63) is 29.3 Å². The maximum absolute atomic E-state index is 11.7. The van der Waals surface area contributed by atoms with Crippen LogP contribution >= 0.6 is 15.9 Å². The van der Waals surface area contributed by atoms with E-state index in [2.05, 4.69) is 47.2 Å². The standard InChI is InChI=1S/C17H25BrN2O/c1-4-6-12(7-5-2)16(18)13-8-9-15-14(10-13)11-20(3)17(21)19-15/h8-10,12,16H,4-7,11H2,1-3H3,(H,19,21). The van der Waals surface area contributed by atoms with Gasteiger partial charge >= 0.3 is 6.03 Å². The lowest BCUT2D eigenvalue weighted by Gasteiger charge is -2.28. The van der Waals surface area contributed by atoms with Crippen LogP contribution in [0, 0.1) is 5.92 Å². The van der Waals surface area contributed by atoms with Crippen LogP contribution in [0.2, 0.25) is 0 Å². The molecule has 3 nitrogen and oxygen atoms in total. The van der Waals surface area contributed by atoms with Gasteiger partial charge in [0.25, 0.3) is 0 Å². The zero-order valence-electron chi connectivity index (χ0n) is 13.2. The quantitative estimate of drug-likeness (QED) is 0.690. The van der Waals surface area contributed by atoms with Crippen LogP contribution in [0.3, 0.4) is 0 Å². The number of alkyl halides is 1. The third-order valence-electron chi connectivity index (χ3n) is 4.18. The second-order valence-electron chi connectivity index (χ2n) is 5.94. The molecule has 0 aliphatic carbocycles. The van der Waals surface area contributed by atoms with Crippen LogP contribution in [0.1, 0.15) is 55.5 Å². The molecule has 0 saturated carbocycles. The summed E-state index contributed by atoms with van der Waals surface area (Å²) in [5.41, 5.74) is 3.47. The molecule has 0 spiro atoms. The van der Waals surface area contributed by atoms with Crippen molar-refractivity contribution in [2.24, 2.45) is 5.92 Å². The zero-order valence-corrected chi connectivity index (χ0v) is 14.7. The minimum atomic E-state index is -0.0273. The first-order valence-electron chi connectivity index (χ1n) is 7.85. The van der Waals surface area contributed by atoms with E-state index in [1.165, 1.54) is 36.8 Å². The Labute approximate surface area is 136 Å². The van der Waals surface area contributed by atoms with E-state index in [0.29, 0.717) is 17.3 Å². The lowest BCUT2D eigenvalue weighted by Crippen LogP contribution is -2.35. The Hall–Kier alpha value is -1.03. The van der Waals surface area contributed by atoms with Crippen LogP contribution in [0.4, 0.5) is 10.5 Å². The van der Waals surface area contributed by atoms with E-state index in [1.807, 2.05) is 13.1 Å². The van der Waals surface area contributed by atoms with Gasteiger partial charge in [0, 0.05) is 24.1 Å². The van der Waals surface area contributed by atoms with Gasteiger partial charge in [0.15, 0.2) is 0 Å². The normalized spacial score (nSPS) is 15.9. The molecule has 0 radical (unpaired) electrons. The molecular formula is C17H25BrN2O. The summed E-state index contributed by atoms with van der Waals surface area (Å²) in [7, 11) is 1.83. The van der Waals surface area contributed by atoms with Crippen molar-refractivity contribution >= 4 is 27.6 Å². The number of nitrogens with zero attached hydrogens (tertiary/aromatic N) is 1. The van der Waals surface area contributed by atoms with E-state index in [9.17, 15) is 4.79 Å². The van der Waals surface area contributed by atoms with Crippen molar-refractivity contribution in [3.8, 4) is 0 Å². The molecule has 1 N–H and O–H groups in total. The average Bonchev–Trinajstić information content (AvgIpc) is 2.47. The Morgan fingerprint density at radius 1 is 1.29 bits per heavy atom. The fourth-order valence-electron chi connectivity index (χ4n) is 3.03. The molecule has 2 amide bonds. The van der Waals surface area contributed by atoms with Crippen molar-refractivity contribution < 1.29 is 4.79 Å². The molecule has 0 fully saturated rings. The predicted octanol–water partition coefficient (Wildman–Crippen LogP) is 5.32. The van der Waals surface area contributed by atoms with Crippen molar-refractivity contribution in [1.82, 2.24) is 4.90 Å². The van der Waals surface area contributed by atoms with Crippen LogP contribution in [-0.2, 0) is 6.54 Å². The molecule has 0 saturated heterocycles. The largest absolute Gasteiger partial charge is 0.323 e. The molecule has 116 valence electrons. The summed E-state index contributed by atoms with van der Waals surface area (Å²) < 4.78 is 0. The first-order valence-corrected chi connectivity index (χ1v) is 8.77. The summed E-state index contributed by atoms with van der Waals surface area (Å²) in [5, 5.41) is 2.93. The minimum absolute atomic E-state index is 0.0273. The summed E-state index contributed by atoms with van der Waals surface area (Å²) in [4.78, 5) is 13.8. The van der Waals surface area contributed by atoms with Crippen LogP contribution in [0.25, 0.3) is 0 Å². The molecule has 1 aliphatic rings. The predicted molar refractivity (Wildman–Crippen MR) is 91.9 cm³/mol. The maximum atomic E-state index is 11.7. The van der Waals surface area contributed by atoms with Crippen molar-refractivity contribution in [2.75, 3.05) is 12.4 Å². The number of hydrogen-bond donors (Lipinski definition) is 1. The fourth-order valence-corrected chi connectivity index (χ4v) is 3.84. The lowest BCUT2D eigenvalue weighted by atomic mass is 9.90. The molecule has 1 unspecified atom stereocenters. The minimum Gasteiger partial charge on any atom is -0.323 e. The molecule has 21 heavy (non-hydrogen) atoms. The van der Waals surface area contributed by atoms with E-state index in [0.717, 1.165) is 5.69 Å². The summed E-state index contributed by atoms with van der Waals surface area (Å²) >= 11 is 3.91. The third-order valence-corrected chi connectivity index (χ3v) is 5.45. The Morgan fingerprint density at radius 2 is 1.95 bits per heavy atom. The first-order chi connectivity index (χ1) is 10.1. The average molecular weight is 353 g/mol. The highest BCUT2D eigenvalue weighted by atomic mass is 79.9. The van der Waals surface area contributed by atoms with Gasteiger partial charge < -0.3 is 10.2 Å². The fraction of sp³-hybridized carbons (Fsp3) is 0.588. The second kappa shape index (κ2) is 7.30. The number of nitrogens with one attached hydrogen (secondary N) is 1. The number of benzene rings is 1. The molecule has 1 heterocycles. The maximum Gasteiger partial charge on any atom is 0.321 e. The molecule has 2 rings (SSSR count). The van der Waals surface area contributed by atoms with Gasteiger partial charge in [0.2, 0.25) is 0 Å². The number of urea groups is 1. The Balaban J connectivity index is 2.20. The highest BCUT2D eigenvalue weighted by Gasteiger charge is 2.23. The monoisotopic (exact) mass is 352 g/mol. The number of amides is 2. The Morgan fingerprint density at radius 3 is 2.57 bits per heavy atom. The van der Waals surface area contributed by atoms with Crippen LogP contribution in [0.15, 0.2) is 18.2 Å². The highest BCUT2D eigenvalue weighted by Crippen LogP contribution is 2.38. The molecule has 4 heteroatoms. The van der Waals surface area contributed by atoms with E-state index in [-0.39, 0.29) is 6.03 Å². The number of anilines is 1. The topological polar surface area (TPSA) is 32.3 Å². The van der Waals surface area contributed by atoms with Crippen molar-refractivity contribution in [1.29, 1.82) is 0 Å². The molecule has 1 aromatic carbocycles. The van der Waals surface area contributed by atoms with Crippen LogP contribution < -0.4 is 5.32 Å². The third kappa shape index (κ3) is 3.79. The van der Waals surface area contributed by atoms with E-state index >= 15 is 0 Å². The molecule has 1 aromatic rings. The molecular weight excluding hydrogens is 328 g/mol. The molecule has 0 bridgehead atoms. The molecule has 1 atom stereocenters. The summed E-state index contributed by atoms with van der Waals surface area (Å²) in [6.45, 7) is 5.18. The number of hydrogen-bond acceptors (Lipinski definition) is 1. The van der Waals surface area contributed by atoms with Gasteiger partial charge in [0.05, 0.1) is 0 Å². The number of rotatable bonds is 6. The SMILES string of the molecule is CCCC(CCC)C(Br)c1ccc2c(c1)CN(C)C(=O)N2. The van der Waals surface area contributed by atoms with Crippen LogP contribution in [0.5, 0.6) is 0 Å². The Kier molecular flexibility index (Phi) is 5.68. The van der Waals surface area contributed by atoms with Gasteiger partial charge in [-0.15, -0.1) is 0 Å². The van der Waals surface area contributed by atoms with Gasteiger partial charge in [-0.2, -0.15) is 0 Å². The zero-order chi connectivity index (χ0) is 15.4.